The Morgan fingerprint density at radius 2 is 1.92 bits per heavy atom. The molecule has 0 saturated carbocycles. The second kappa shape index (κ2) is 8.04. The minimum absolute atomic E-state index is 0.0385. The van der Waals surface area contributed by atoms with E-state index in [4.69, 9.17) is 0 Å². The topological polar surface area (TPSA) is 66.9 Å². The summed E-state index contributed by atoms with van der Waals surface area (Å²) in [5.74, 6) is -1.89. The lowest BCUT2D eigenvalue weighted by Gasteiger charge is -2.05. The number of halogens is 2. The van der Waals surface area contributed by atoms with Crippen molar-refractivity contribution in [1.82, 2.24) is 10.2 Å². The quantitative estimate of drug-likeness (QED) is 0.627. The lowest BCUT2D eigenvalue weighted by atomic mass is 10.3. The van der Waals surface area contributed by atoms with Gasteiger partial charge in [-0.2, -0.15) is 0 Å². The zero-order valence-corrected chi connectivity index (χ0v) is 14.3. The molecular weight excluding hydrogens is 366 g/mol. The number of rotatable bonds is 6. The van der Waals surface area contributed by atoms with Crippen molar-refractivity contribution in [2.45, 2.75) is 4.34 Å². The summed E-state index contributed by atoms with van der Waals surface area (Å²) in [6.07, 6.45) is 0. The predicted molar refractivity (Wildman–Crippen MR) is 95.3 cm³/mol. The Labute approximate surface area is 150 Å². The number of nitrogens with zero attached hydrogens (tertiary/aromatic N) is 2. The Hall–Kier alpha value is -2.52. The van der Waals surface area contributed by atoms with E-state index in [1.165, 1.54) is 29.2 Å². The number of hydrogen-bond donors (Lipinski definition) is 2. The van der Waals surface area contributed by atoms with E-state index in [2.05, 4.69) is 20.8 Å². The van der Waals surface area contributed by atoms with E-state index < -0.39 is 17.5 Å². The smallest absolute Gasteiger partial charge is 0.234 e. The van der Waals surface area contributed by atoms with Crippen molar-refractivity contribution in [3.8, 4) is 0 Å². The maximum absolute atomic E-state index is 13.5. The molecule has 5 nitrogen and oxygen atoms in total. The molecule has 0 atom stereocenters. The van der Waals surface area contributed by atoms with Gasteiger partial charge in [-0.3, -0.25) is 4.79 Å². The molecule has 0 radical (unpaired) electrons. The summed E-state index contributed by atoms with van der Waals surface area (Å²) in [7, 11) is 0. The average molecular weight is 378 g/mol. The van der Waals surface area contributed by atoms with Crippen molar-refractivity contribution in [3.63, 3.8) is 0 Å². The number of amides is 1. The van der Waals surface area contributed by atoms with Crippen LogP contribution in [-0.2, 0) is 4.79 Å². The fourth-order valence-electron chi connectivity index (χ4n) is 1.87. The van der Waals surface area contributed by atoms with Crippen LogP contribution in [-0.4, -0.2) is 21.9 Å². The molecule has 9 heteroatoms. The number of carbonyl (C=O) groups is 1. The van der Waals surface area contributed by atoms with Crippen LogP contribution in [0.4, 0.5) is 25.3 Å². The number of anilines is 3. The van der Waals surface area contributed by atoms with Gasteiger partial charge in [0, 0.05) is 11.8 Å². The molecule has 2 aromatic carbocycles. The highest BCUT2D eigenvalue weighted by Gasteiger charge is 2.11. The Balaban J connectivity index is 1.52. The van der Waals surface area contributed by atoms with Crippen molar-refractivity contribution in [2.24, 2.45) is 0 Å². The molecule has 1 heterocycles. The van der Waals surface area contributed by atoms with Crippen LogP contribution in [0.3, 0.4) is 0 Å². The predicted octanol–water partition coefficient (Wildman–Crippen LogP) is 4.29. The van der Waals surface area contributed by atoms with E-state index in [-0.39, 0.29) is 11.4 Å². The molecule has 0 unspecified atom stereocenters. The number of nitrogens with one attached hydrogen (secondary N) is 2. The Morgan fingerprint density at radius 3 is 2.68 bits per heavy atom. The van der Waals surface area contributed by atoms with Crippen LogP contribution in [0.15, 0.2) is 52.9 Å². The van der Waals surface area contributed by atoms with Crippen LogP contribution < -0.4 is 10.6 Å². The summed E-state index contributed by atoms with van der Waals surface area (Å²) < 4.78 is 26.9. The lowest BCUT2D eigenvalue weighted by molar-refractivity contribution is -0.113. The third-order valence-corrected chi connectivity index (χ3v) is 4.94. The van der Waals surface area contributed by atoms with Crippen LogP contribution in [0, 0.1) is 11.6 Å². The summed E-state index contributed by atoms with van der Waals surface area (Å²) in [5, 5.41) is 14.1. The number of hydrogen-bond acceptors (Lipinski definition) is 6. The first-order valence-corrected chi connectivity index (χ1v) is 8.93. The van der Waals surface area contributed by atoms with Gasteiger partial charge >= 0.3 is 0 Å². The molecule has 0 bridgehead atoms. The average Bonchev–Trinajstić information content (AvgIpc) is 3.04. The number of para-hydroxylation sites is 1. The highest BCUT2D eigenvalue weighted by Crippen LogP contribution is 2.27. The van der Waals surface area contributed by atoms with Gasteiger partial charge in [-0.1, -0.05) is 41.3 Å². The van der Waals surface area contributed by atoms with Crippen molar-refractivity contribution in [2.75, 3.05) is 16.4 Å². The number of aromatic nitrogens is 2. The fourth-order valence-corrected chi connectivity index (χ4v) is 3.44. The van der Waals surface area contributed by atoms with Crippen molar-refractivity contribution in [1.29, 1.82) is 0 Å². The second-order valence-electron chi connectivity index (χ2n) is 4.83. The van der Waals surface area contributed by atoms with Crippen LogP contribution in [0.5, 0.6) is 0 Å². The maximum atomic E-state index is 13.5. The van der Waals surface area contributed by atoms with Crippen molar-refractivity contribution in [3.05, 3.63) is 60.2 Å². The van der Waals surface area contributed by atoms with Gasteiger partial charge in [0.2, 0.25) is 11.0 Å². The normalized spacial score (nSPS) is 10.5. The molecular formula is C16H12F2N4OS2. The van der Waals surface area contributed by atoms with E-state index in [1.807, 2.05) is 30.3 Å². The van der Waals surface area contributed by atoms with E-state index >= 15 is 0 Å². The molecule has 3 rings (SSSR count). The highest BCUT2D eigenvalue weighted by molar-refractivity contribution is 8.01. The number of thioether (sulfide) groups is 1. The fraction of sp³-hybridized carbons (Fsp3) is 0.0625. The monoisotopic (exact) mass is 378 g/mol. The van der Waals surface area contributed by atoms with Gasteiger partial charge in [0.05, 0.1) is 11.4 Å². The Kier molecular flexibility index (Phi) is 5.56. The molecule has 1 amide bonds. The number of benzene rings is 2. The zero-order chi connectivity index (χ0) is 17.6. The molecule has 3 aromatic rings. The summed E-state index contributed by atoms with van der Waals surface area (Å²) in [6, 6.07) is 12.5. The molecule has 1 aromatic heterocycles. The second-order valence-corrected chi connectivity index (χ2v) is 7.03. The standard InChI is InChI=1S/C16H12F2N4OS2/c17-10-6-7-13(12(18)8-10)20-14(23)9-24-16-22-21-15(25-16)19-11-4-2-1-3-5-11/h1-8H,9H2,(H,19,21)(H,20,23). The van der Waals surface area contributed by atoms with Crippen molar-refractivity contribution < 1.29 is 13.6 Å². The van der Waals surface area contributed by atoms with Gasteiger partial charge in [-0.05, 0) is 24.3 Å². The minimum atomic E-state index is -0.816. The highest BCUT2D eigenvalue weighted by atomic mass is 32.2. The molecule has 0 aliphatic heterocycles. The molecule has 0 saturated heterocycles. The first-order chi connectivity index (χ1) is 12.1. The first kappa shape index (κ1) is 17.3. The summed E-state index contributed by atoms with van der Waals surface area (Å²) in [4.78, 5) is 11.9. The third-order valence-electron chi connectivity index (χ3n) is 2.96. The van der Waals surface area contributed by atoms with Crippen LogP contribution in [0.2, 0.25) is 0 Å². The lowest BCUT2D eigenvalue weighted by Crippen LogP contribution is -2.15. The summed E-state index contributed by atoms with van der Waals surface area (Å²) in [5.41, 5.74) is 0.829. The molecule has 128 valence electrons. The van der Waals surface area contributed by atoms with Gasteiger partial charge in [-0.15, -0.1) is 10.2 Å². The Morgan fingerprint density at radius 1 is 1.12 bits per heavy atom. The van der Waals surface area contributed by atoms with E-state index in [9.17, 15) is 13.6 Å². The van der Waals surface area contributed by atoms with Crippen LogP contribution in [0.1, 0.15) is 0 Å². The van der Waals surface area contributed by atoms with E-state index in [0.717, 1.165) is 17.8 Å². The SMILES string of the molecule is O=C(CSc1nnc(Nc2ccccc2)s1)Nc1ccc(F)cc1F. The van der Waals surface area contributed by atoms with Gasteiger partial charge in [0.25, 0.3) is 0 Å². The maximum Gasteiger partial charge on any atom is 0.234 e. The largest absolute Gasteiger partial charge is 0.330 e. The van der Waals surface area contributed by atoms with Gasteiger partial charge in [-0.25, -0.2) is 8.78 Å². The summed E-state index contributed by atoms with van der Waals surface area (Å²) >= 11 is 2.49. The summed E-state index contributed by atoms with van der Waals surface area (Å²) in [6.45, 7) is 0. The molecule has 25 heavy (non-hydrogen) atoms. The van der Waals surface area contributed by atoms with Gasteiger partial charge < -0.3 is 10.6 Å². The molecule has 0 aliphatic rings. The van der Waals surface area contributed by atoms with Gasteiger partial charge in [0.1, 0.15) is 11.6 Å². The van der Waals surface area contributed by atoms with E-state index in [1.54, 1.807) is 0 Å². The van der Waals surface area contributed by atoms with E-state index in [0.29, 0.717) is 9.47 Å². The van der Waals surface area contributed by atoms with Crippen molar-refractivity contribution >= 4 is 45.5 Å². The molecule has 0 aliphatic carbocycles. The van der Waals surface area contributed by atoms with Crippen LogP contribution >= 0.6 is 23.1 Å². The first-order valence-electron chi connectivity index (χ1n) is 7.13. The molecule has 0 spiro atoms. The number of carbonyl (C=O) groups excluding carboxylic acids is 1. The Bertz CT molecular complexity index is 874. The zero-order valence-electron chi connectivity index (χ0n) is 12.7. The van der Waals surface area contributed by atoms with Crippen LogP contribution in [0.25, 0.3) is 0 Å². The third kappa shape index (κ3) is 4.97. The minimum Gasteiger partial charge on any atom is -0.330 e. The molecule has 0 fully saturated rings. The molecule has 2 N–H and O–H groups in total. The van der Waals surface area contributed by atoms with Gasteiger partial charge in [0.15, 0.2) is 4.34 Å².